The van der Waals surface area contributed by atoms with Crippen LogP contribution in [0.25, 0.3) is 0 Å². The van der Waals surface area contributed by atoms with Gasteiger partial charge in [0, 0.05) is 24.8 Å². The van der Waals surface area contributed by atoms with Crippen LogP contribution < -0.4 is 10.2 Å². The molecule has 20 heavy (non-hydrogen) atoms. The molecule has 1 N–H and O–H groups in total. The molecule has 5 heteroatoms. The summed E-state index contributed by atoms with van der Waals surface area (Å²) in [5.41, 5.74) is 0.950. The topological polar surface area (TPSA) is 58.1 Å². The summed E-state index contributed by atoms with van der Waals surface area (Å²) in [6.07, 6.45) is 7.05. The molecule has 1 saturated heterocycles. The molecular formula is C15H20N4O. The van der Waals surface area contributed by atoms with Crippen molar-refractivity contribution in [2.24, 2.45) is 5.92 Å². The largest absolute Gasteiger partial charge is 0.356 e. The lowest BCUT2D eigenvalue weighted by atomic mass is 9.97. The van der Waals surface area contributed by atoms with Crippen LogP contribution in [0.15, 0.2) is 6.07 Å². The van der Waals surface area contributed by atoms with Crippen molar-refractivity contribution in [1.29, 1.82) is 0 Å². The van der Waals surface area contributed by atoms with Crippen LogP contribution in [0, 0.1) is 32.1 Å². The molecule has 0 saturated carbocycles. The highest BCUT2D eigenvalue weighted by Gasteiger charge is 2.26. The average Bonchev–Trinajstić information content (AvgIpc) is 2.44. The second-order valence-corrected chi connectivity index (χ2v) is 5.12. The minimum atomic E-state index is -0.0207. The Balaban J connectivity index is 2.06. The molecule has 106 valence electrons. The fourth-order valence-electron chi connectivity index (χ4n) is 2.54. The number of aromatic nitrogens is 2. The minimum absolute atomic E-state index is 0.0207. The molecule has 0 aliphatic carbocycles. The number of hydrogen-bond donors (Lipinski definition) is 1. The molecule has 0 bridgehead atoms. The molecule has 2 heterocycles. The molecule has 0 radical (unpaired) electrons. The number of carbonyl (C=O) groups excluding carboxylic acids is 1. The van der Waals surface area contributed by atoms with Crippen LogP contribution in [0.1, 0.15) is 24.4 Å². The number of terminal acetylenes is 1. The molecule has 0 unspecified atom stereocenters. The summed E-state index contributed by atoms with van der Waals surface area (Å²) in [4.78, 5) is 22.9. The summed E-state index contributed by atoms with van der Waals surface area (Å²) in [6, 6.07) is 1.97. The molecule has 0 spiro atoms. The van der Waals surface area contributed by atoms with Gasteiger partial charge in [-0.15, -0.1) is 6.42 Å². The van der Waals surface area contributed by atoms with Gasteiger partial charge in [0.2, 0.25) is 5.91 Å². The van der Waals surface area contributed by atoms with E-state index in [9.17, 15) is 4.79 Å². The quantitative estimate of drug-likeness (QED) is 0.836. The van der Waals surface area contributed by atoms with Gasteiger partial charge in [-0.3, -0.25) is 4.79 Å². The zero-order chi connectivity index (χ0) is 14.5. The maximum Gasteiger partial charge on any atom is 0.225 e. The number of carbonyl (C=O) groups is 1. The van der Waals surface area contributed by atoms with Gasteiger partial charge in [0.25, 0.3) is 0 Å². The number of nitrogens with zero attached hydrogens (tertiary/aromatic N) is 3. The highest BCUT2D eigenvalue weighted by molar-refractivity contribution is 5.79. The van der Waals surface area contributed by atoms with Crippen molar-refractivity contribution in [3.05, 3.63) is 17.6 Å². The zero-order valence-electron chi connectivity index (χ0n) is 12.0. The summed E-state index contributed by atoms with van der Waals surface area (Å²) in [5.74, 6) is 4.12. The average molecular weight is 272 g/mol. The number of anilines is 1. The van der Waals surface area contributed by atoms with Gasteiger partial charge in [0.05, 0.1) is 12.5 Å². The van der Waals surface area contributed by atoms with E-state index < -0.39 is 0 Å². The number of rotatable bonds is 3. The van der Waals surface area contributed by atoms with Gasteiger partial charge in [-0.1, -0.05) is 5.92 Å². The maximum atomic E-state index is 12.0. The van der Waals surface area contributed by atoms with E-state index in [0.717, 1.165) is 36.7 Å². The fourth-order valence-corrected chi connectivity index (χ4v) is 2.54. The molecule has 1 aliphatic heterocycles. The first kappa shape index (κ1) is 14.3. The monoisotopic (exact) mass is 272 g/mol. The Morgan fingerprint density at radius 2 is 2.35 bits per heavy atom. The molecule has 2 rings (SSSR count). The van der Waals surface area contributed by atoms with Gasteiger partial charge in [-0.25, -0.2) is 9.97 Å². The lowest BCUT2D eigenvalue weighted by Gasteiger charge is -2.33. The molecule has 1 aliphatic rings. The van der Waals surface area contributed by atoms with Gasteiger partial charge in [-0.05, 0) is 26.7 Å². The zero-order valence-corrected chi connectivity index (χ0v) is 12.0. The standard InChI is InChI=1S/C15H20N4O/c1-4-7-16-15(20)13-6-5-8-19(10-13)14-9-11(2)17-12(3)18-14/h1,9,13H,5-8,10H2,2-3H3,(H,16,20)/t13-/m0/s1. The number of hydrogen-bond acceptors (Lipinski definition) is 4. The summed E-state index contributed by atoms with van der Waals surface area (Å²) in [6.45, 7) is 5.75. The molecule has 1 amide bonds. The van der Waals surface area contributed by atoms with Gasteiger partial charge < -0.3 is 10.2 Å². The van der Waals surface area contributed by atoms with E-state index in [0.29, 0.717) is 13.1 Å². The second-order valence-electron chi connectivity index (χ2n) is 5.12. The summed E-state index contributed by atoms with van der Waals surface area (Å²) >= 11 is 0. The Bertz CT molecular complexity index is 515. The van der Waals surface area contributed by atoms with Crippen molar-refractivity contribution in [3.8, 4) is 12.3 Å². The van der Waals surface area contributed by atoms with Crippen LogP contribution in [0.5, 0.6) is 0 Å². The predicted molar refractivity (Wildman–Crippen MR) is 78.3 cm³/mol. The van der Waals surface area contributed by atoms with E-state index >= 15 is 0 Å². The van der Waals surface area contributed by atoms with Gasteiger partial charge >= 0.3 is 0 Å². The van der Waals surface area contributed by atoms with Crippen LogP contribution >= 0.6 is 0 Å². The Hall–Kier alpha value is -2.09. The lowest BCUT2D eigenvalue weighted by molar-refractivity contribution is -0.124. The van der Waals surface area contributed by atoms with Crippen molar-refractivity contribution >= 4 is 11.7 Å². The van der Waals surface area contributed by atoms with Gasteiger partial charge in [0.15, 0.2) is 0 Å². The van der Waals surface area contributed by atoms with E-state index in [4.69, 9.17) is 6.42 Å². The molecule has 5 nitrogen and oxygen atoms in total. The summed E-state index contributed by atoms with van der Waals surface area (Å²) in [5, 5.41) is 2.76. The van der Waals surface area contributed by atoms with Crippen LogP contribution in [0.2, 0.25) is 0 Å². The molecule has 1 aromatic heterocycles. The number of nitrogens with one attached hydrogen (secondary N) is 1. The van der Waals surface area contributed by atoms with Crippen molar-refractivity contribution in [3.63, 3.8) is 0 Å². The maximum absolute atomic E-state index is 12.0. The van der Waals surface area contributed by atoms with E-state index in [1.54, 1.807) is 0 Å². The number of piperidine rings is 1. The minimum Gasteiger partial charge on any atom is -0.356 e. The van der Waals surface area contributed by atoms with Gasteiger partial charge in [-0.2, -0.15) is 0 Å². The smallest absolute Gasteiger partial charge is 0.225 e. The van der Waals surface area contributed by atoms with Gasteiger partial charge in [0.1, 0.15) is 11.6 Å². The second kappa shape index (κ2) is 6.38. The highest BCUT2D eigenvalue weighted by atomic mass is 16.1. The van der Waals surface area contributed by atoms with Crippen LogP contribution in [-0.4, -0.2) is 35.5 Å². The molecule has 1 aromatic rings. The van der Waals surface area contributed by atoms with E-state index in [2.05, 4.69) is 26.1 Å². The van der Waals surface area contributed by atoms with Crippen molar-refractivity contribution in [1.82, 2.24) is 15.3 Å². The normalized spacial score (nSPS) is 18.4. The first-order valence-electron chi connectivity index (χ1n) is 6.88. The number of amides is 1. The third-order valence-corrected chi connectivity index (χ3v) is 3.43. The predicted octanol–water partition coefficient (Wildman–Crippen LogP) is 1.06. The van der Waals surface area contributed by atoms with Crippen molar-refractivity contribution < 1.29 is 4.79 Å². The van der Waals surface area contributed by atoms with Crippen LogP contribution in [-0.2, 0) is 4.79 Å². The molecular weight excluding hydrogens is 252 g/mol. The third-order valence-electron chi connectivity index (χ3n) is 3.43. The van der Waals surface area contributed by atoms with Crippen molar-refractivity contribution in [2.75, 3.05) is 24.5 Å². The first-order chi connectivity index (χ1) is 9.60. The first-order valence-corrected chi connectivity index (χ1v) is 6.88. The Morgan fingerprint density at radius 1 is 1.55 bits per heavy atom. The highest BCUT2D eigenvalue weighted by Crippen LogP contribution is 2.22. The summed E-state index contributed by atoms with van der Waals surface area (Å²) in [7, 11) is 0. The van der Waals surface area contributed by atoms with Crippen LogP contribution in [0.3, 0.4) is 0 Å². The van der Waals surface area contributed by atoms with E-state index in [-0.39, 0.29) is 11.8 Å². The van der Waals surface area contributed by atoms with Crippen molar-refractivity contribution in [2.45, 2.75) is 26.7 Å². The SMILES string of the molecule is C#CCNC(=O)[C@H]1CCCN(c2cc(C)nc(C)n2)C1. The molecule has 1 fully saturated rings. The lowest BCUT2D eigenvalue weighted by Crippen LogP contribution is -2.43. The summed E-state index contributed by atoms with van der Waals surface area (Å²) < 4.78 is 0. The molecule has 1 atom stereocenters. The fraction of sp³-hybridized carbons (Fsp3) is 0.533. The Morgan fingerprint density at radius 3 is 3.05 bits per heavy atom. The Kier molecular flexibility index (Phi) is 4.57. The third kappa shape index (κ3) is 3.47. The van der Waals surface area contributed by atoms with Crippen LogP contribution in [0.4, 0.5) is 5.82 Å². The Labute approximate surface area is 119 Å². The number of aryl methyl sites for hydroxylation is 2. The van der Waals surface area contributed by atoms with E-state index in [1.165, 1.54) is 0 Å². The molecule has 0 aromatic carbocycles. The van der Waals surface area contributed by atoms with E-state index in [1.807, 2.05) is 19.9 Å².